The zero-order chi connectivity index (χ0) is 11.9. The Morgan fingerprint density at radius 3 is 2.62 bits per heavy atom. The maximum Gasteiger partial charge on any atom is 0.224 e. The second-order valence-corrected chi connectivity index (χ2v) is 5.33. The fraction of sp³-hybridized carbons (Fsp3) is 0.500. The van der Waals surface area contributed by atoms with E-state index in [0.717, 1.165) is 12.1 Å². The minimum Gasteiger partial charge on any atom is -0.307 e. The van der Waals surface area contributed by atoms with Crippen LogP contribution >= 0.6 is 0 Å². The van der Waals surface area contributed by atoms with Crippen LogP contribution in [0.25, 0.3) is 0 Å². The molecule has 2 nitrogen and oxygen atoms in total. The molecule has 2 rings (SSSR count). The number of carbonyl (C=O) groups is 1. The van der Waals surface area contributed by atoms with Crippen LogP contribution < -0.4 is 4.90 Å². The summed E-state index contributed by atoms with van der Waals surface area (Å²) in [6, 6.07) is 8.23. The molecule has 1 amide bonds. The zero-order valence-electron chi connectivity index (χ0n) is 10.4. The van der Waals surface area contributed by atoms with Crippen LogP contribution in [0.3, 0.4) is 0 Å². The van der Waals surface area contributed by atoms with E-state index in [-0.39, 0.29) is 11.4 Å². The van der Waals surface area contributed by atoms with Crippen molar-refractivity contribution in [2.75, 3.05) is 4.90 Å². The molecule has 16 heavy (non-hydrogen) atoms. The molecule has 0 bridgehead atoms. The molecule has 1 atom stereocenters. The van der Waals surface area contributed by atoms with Crippen molar-refractivity contribution in [3.63, 3.8) is 0 Å². The second-order valence-electron chi connectivity index (χ2n) is 5.33. The van der Waals surface area contributed by atoms with E-state index in [1.807, 2.05) is 23.1 Å². The van der Waals surface area contributed by atoms with E-state index in [0.29, 0.717) is 5.92 Å². The highest BCUT2D eigenvalue weighted by molar-refractivity contribution is 5.94. The molecule has 0 N–H and O–H groups in total. The first kappa shape index (κ1) is 11.2. The van der Waals surface area contributed by atoms with Crippen molar-refractivity contribution >= 4 is 11.6 Å². The molecule has 0 unspecified atom stereocenters. The van der Waals surface area contributed by atoms with Crippen molar-refractivity contribution < 1.29 is 4.79 Å². The first-order chi connectivity index (χ1) is 7.43. The van der Waals surface area contributed by atoms with E-state index in [1.165, 1.54) is 5.56 Å². The molecule has 0 aliphatic carbocycles. The van der Waals surface area contributed by atoms with Gasteiger partial charge in [-0.1, -0.05) is 25.1 Å². The van der Waals surface area contributed by atoms with E-state index in [1.54, 1.807) is 6.92 Å². The van der Waals surface area contributed by atoms with Crippen LogP contribution in [0.1, 0.15) is 45.6 Å². The number of benzene rings is 1. The number of fused-ring (bicyclic) bond motifs is 1. The van der Waals surface area contributed by atoms with Gasteiger partial charge in [0, 0.05) is 18.2 Å². The molecule has 1 heterocycles. The summed E-state index contributed by atoms with van der Waals surface area (Å²) in [4.78, 5) is 13.7. The molecule has 1 aliphatic heterocycles. The van der Waals surface area contributed by atoms with Crippen molar-refractivity contribution in [2.24, 2.45) is 0 Å². The Labute approximate surface area is 97.3 Å². The third kappa shape index (κ3) is 1.62. The lowest BCUT2D eigenvalue weighted by Gasteiger charge is -2.45. The van der Waals surface area contributed by atoms with Gasteiger partial charge in [-0.25, -0.2) is 0 Å². The molecule has 1 aromatic rings. The third-order valence-corrected chi connectivity index (χ3v) is 3.43. The summed E-state index contributed by atoms with van der Waals surface area (Å²) in [5.41, 5.74) is 2.29. The molecule has 0 aromatic heterocycles. The quantitative estimate of drug-likeness (QED) is 0.652. The first-order valence-corrected chi connectivity index (χ1v) is 5.83. The monoisotopic (exact) mass is 217 g/mol. The minimum absolute atomic E-state index is 0.0837. The lowest BCUT2D eigenvalue weighted by molar-refractivity contribution is -0.117. The van der Waals surface area contributed by atoms with Gasteiger partial charge in [-0.05, 0) is 37.8 Å². The van der Waals surface area contributed by atoms with Gasteiger partial charge >= 0.3 is 0 Å². The molecule has 0 saturated carbocycles. The Bertz CT molecular complexity index is 422. The summed E-state index contributed by atoms with van der Waals surface area (Å²) < 4.78 is 0. The summed E-state index contributed by atoms with van der Waals surface area (Å²) >= 11 is 0. The minimum atomic E-state index is -0.0837. The second kappa shape index (κ2) is 3.62. The molecule has 86 valence electrons. The van der Waals surface area contributed by atoms with Gasteiger partial charge in [0.1, 0.15) is 0 Å². The fourth-order valence-corrected chi connectivity index (χ4v) is 2.98. The van der Waals surface area contributed by atoms with Crippen LogP contribution in [0, 0.1) is 0 Å². The topological polar surface area (TPSA) is 20.3 Å². The van der Waals surface area contributed by atoms with Gasteiger partial charge in [-0.3, -0.25) is 4.79 Å². The largest absolute Gasteiger partial charge is 0.307 e. The van der Waals surface area contributed by atoms with E-state index in [2.05, 4.69) is 26.8 Å². The highest BCUT2D eigenvalue weighted by Crippen LogP contribution is 2.42. The van der Waals surface area contributed by atoms with Gasteiger partial charge < -0.3 is 4.90 Å². The average molecular weight is 217 g/mol. The van der Waals surface area contributed by atoms with Crippen molar-refractivity contribution in [3.8, 4) is 0 Å². The van der Waals surface area contributed by atoms with Crippen molar-refractivity contribution in [3.05, 3.63) is 29.8 Å². The zero-order valence-corrected chi connectivity index (χ0v) is 10.4. The Hall–Kier alpha value is -1.31. The van der Waals surface area contributed by atoms with Crippen molar-refractivity contribution in [2.45, 2.75) is 45.6 Å². The van der Waals surface area contributed by atoms with Gasteiger partial charge in [-0.15, -0.1) is 0 Å². The predicted molar refractivity (Wildman–Crippen MR) is 66.7 cm³/mol. The number of rotatable bonds is 0. The fourth-order valence-electron chi connectivity index (χ4n) is 2.98. The van der Waals surface area contributed by atoms with E-state index < -0.39 is 0 Å². The van der Waals surface area contributed by atoms with Crippen LogP contribution in [-0.2, 0) is 4.79 Å². The highest BCUT2D eigenvalue weighted by Gasteiger charge is 2.38. The normalized spacial score (nSPS) is 22.8. The van der Waals surface area contributed by atoms with Gasteiger partial charge in [0.25, 0.3) is 0 Å². The Kier molecular flexibility index (Phi) is 2.53. The third-order valence-electron chi connectivity index (χ3n) is 3.43. The maximum absolute atomic E-state index is 11.8. The molecule has 1 aromatic carbocycles. The lowest BCUT2D eigenvalue weighted by Crippen LogP contribution is -2.50. The summed E-state index contributed by atoms with van der Waals surface area (Å²) in [7, 11) is 0. The van der Waals surface area contributed by atoms with Gasteiger partial charge in [0.2, 0.25) is 5.91 Å². The van der Waals surface area contributed by atoms with E-state index >= 15 is 0 Å². The molecule has 1 aliphatic rings. The van der Waals surface area contributed by atoms with Crippen LogP contribution in [0.5, 0.6) is 0 Å². The standard InChI is InChI=1S/C14H19NO/c1-10-9-14(3,4)15(11(2)16)13-8-6-5-7-12(10)13/h5-8,10H,9H2,1-4H3/t10-/m0/s1. The number of nitrogens with zero attached hydrogens (tertiary/aromatic N) is 1. The Morgan fingerprint density at radius 1 is 1.38 bits per heavy atom. The van der Waals surface area contributed by atoms with Crippen molar-refractivity contribution in [1.82, 2.24) is 0 Å². The van der Waals surface area contributed by atoms with E-state index in [4.69, 9.17) is 0 Å². The smallest absolute Gasteiger partial charge is 0.224 e. The first-order valence-electron chi connectivity index (χ1n) is 5.83. The molecule has 2 heteroatoms. The summed E-state index contributed by atoms with van der Waals surface area (Å²) in [5.74, 6) is 0.645. The molecule has 0 saturated heterocycles. The molecule has 0 fully saturated rings. The van der Waals surface area contributed by atoms with Gasteiger partial charge in [-0.2, -0.15) is 0 Å². The number of para-hydroxylation sites is 1. The van der Waals surface area contributed by atoms with Crippen LogP contribution in [0.15, 0.2) is 24.3 Å². The Morgan fingerprint density at radius 2 is 2.00 bits per heavy atom. The SMILES string of the molecule is CC(=O)N1c2ccccc2[C@@H](C)CC1(C)C. The summed E-state index contributed by atoms with van der Waals surface area (Å²) in [6.07, 6.45) is 1.02. The number of hydrogen-bond acceptors (Lipinski definition) is 1. The number of amides is 1. The number of hydrogen-bond donors (Lipinski definition) is 0. The van der Waals surface area contributed by atoms with Crippen LogP contribution in [-0.4, -0.2) is 11.4 Å². The Balaban J connectivity index is 2.59. The summed E-state index contributed by atoms with van der Waals surface area (Å²) in [6.45, 7) is 8.16. The predicted octanol–water partition coefficient (Wildman–Crippen LogP) is 3.33. The maximum atomic E-state index is 11.8. The van der Waals surface area contributed by atoms with Gasteiger partial charge in [0.15, 0.2) is 0 Å². The lowest BCUT2D eigenvalue weighted by atomic mass is 9.80. The van der Waals surface area contributed by atoms with Crippen LogP contribution in [0.4, 0.5) is 5.69 Å². The molecular weight excluding hydrogens is 198 g/mol. The summed E-state index contributed by atoms with van der Waals surface area (Å²) in [5, 5.41) is 0. The molecular formula is C14H19NO. The highest BCUT2D eigenvalue weighted by atomic mass is 16.2. The van der Waals surface area contributed by atoms with Gasteiger partial charge in [0.05, 0.1) is 0 Å². The van der Waals surface area contributed by atoms with E-state index in [9.17, 15) is 4.79 Å². The molecule has 0 radical (unpaired) electrons. The van der Waals surface area contributed by atoms with Crippen molar-refractivity contribution in [1.29, 1.82) is 0 Å². The molecule has 0 spiro atoms. The number of carbonyl (C=O) groups excluding carboxylic acids is 1. The average Bonchev–Trinajstić information content (AvgIpc) is 2.15. The van der Waals surface area contributed by atoms with Crippen LogP contribution in [0.2, 0.25) is 0 Å². The number of anilines is 1.